The van der Waals surface area contributed by atoms with Gasteiger partial charge in [-0.2, -0.15) is 0 Å². The summed E-state index contributed by atoms with van der Waals surface area (Å²) >= 11 is 1.44. The molecule has 1 saturated carbocycles. The van der Waals surface area contributed by atoms with Crippen LogP contribution in [0.1, 0.15) is 37.4 Å². The van der Waals surface area contributed by atoms with Crippen molar-refractivity contribution in [2.45, 2.75) is 42.9 Å². The molecular formula is C13H20N4O2S. The molecule has 2 aliphatic rings. The molecule has 0 unspecified atom stereocenters. The number of hydrogen-bond acceptors (Lipinski definition) is 5. The second-order valence-electron chi connectivity index (χ2n) is 5.40. The average molecular weight is 296 g/mol. The maximum Gasteiger partial charge on any atom is 0.230 e. The lowest BCUT2D eigenvalue weighted by Gasteiger charge is -2.10. The Morgan fingerprint density at radius 2 is 2.30 bits per heavy atom. The Bertz CT molecular complexity index is 481. The second kappa shape index (κ2) is 6.13. The van der Waals surface area contributed by atoms with Crippen LogP contribution in [-0.2, 0) is 16.6 Å². The zero-order valence-electron chi connectivity index (χ0n) is 11.7. The van der Waals surface area contributed by atoms with Crippen LogP contribution in [0.3, 0.4) is 0 Å². The number of carbonyl (C=O) groups excluding carboxylic acids is 1. The van der Waals surface area contributed by atoms with Crippen LogP contribution in [0.25, 0.3) is 0 Å². The lowest BCUT2D eigenvalue weighted by atomic mass is 10.2. The van der Waals surface area contributed by atoms with E-state index in [2.05, 4.69) is 15.5 Å². The summed E-state index contributed by atoms with van der Waals surface area (Å²) in [7, 11) is 1.97. The fraction of sp³-hybridized carbons (Fsp3) is 0.769. The Labute approximate surface area is 122 Å². The van der Waals surface area contributed by atoms with Gasteiger partial charge >= 0.3 is 0 Å². The van der Waals surface area contributed by atoms with Crippen LogP contribution in [0.4, 0.5) is 0 Å². The van der Waals surface area contributed by atoms with Crippen LogP contribution in [0, 0.1) is 0 Å². The monoisotopic (exact) mass is 296 g/mol. The number of aromatic nitrogens is 3. The summed E-state index contributed by atoms with van der Waals surface area (Å²) in [6, 6.07) is 0. The van der Waals surface area contributed by atoms with Gasteiger partial charge in [0.25, 0.3) is 0 Å². The highest BCUT2D eigenvalue weighted by Crippen LogP contribution is 2.39. The van der Waals surface area contributed by atoms with E-state index in [-0.39, 0.29) is 12.0 Å². The van der Waals surface area contributed by atoms with Gasteiger partial charge < -0.3 is 14.6 Å². The normalized spacial score (nSPS) is 22.1. The minimum absolute atomic E-state index is 0.0291. The van der Waals surface area contributed by atoms with Crippen molar-refractivity contribution in [3.8, 4) is 0 Å². The molecule has 1 saturated heterocycles. The first-order valence-corrected chi connectivity index (χ1v) is 8.13. The summed E-state index contributed by atoms with van der Waals surface area (Å²) in [5.74, 6) is 2.03. The standard InChI is InChI=1S/C13H20N4O2S/c1-17-12(9-4-5-9)15-16-13(17)20-8-11(18)14-7-10-3-2-6-19-10/h9-10H,2-8H2,1H3,(H,14,18)/t10-/m1/s1. The Hall–Kier alpha value is -1.08. The van der Waals surface area contributed by atoms with Gasteiger partial charge in [-0.25, -0.2) is 0 Å². The minimum atomic E-state index is 0.0291. The van der Waals surface area contributed by atoms with Gasteiger partial charge in [0.05, 0.1) is 11.9 Å². The molecule has 110 valence electrons. The topological polar surface area (TPSA) is 69.0 Å². The van der Waals surface area contributed by atoms with Gasteiger partial charge in [-0.05, 0) is 25.7 Å². The van der Waals surface area contributed by atoms with Gasteiger partial charge in [0, 0.05) is 26.1 Å². The Kier molecular flexibility index (Phi) is 4.26. The van der Waals surface area contributed by atoms with E-state index in [0.29, 0.717) is 18.2 Å². The summed E-state index contributed by atoms with van der Waals surface area (Å²) in [5.41, 5.74) is 0. The summed E-state index contributed by atoms with van der Waals surface area (Å²) in [6.45, 7) is 1.43. The van der Waals surface area contributed by atoms with E-state index in [4.69, 9.17) is 4.74 Å². The van der Waals surface area contributed by atoms with Gasteiger partial charge in [-0.3, -0.25) is 4.79 Å². The predicted molar refractivity (Wildman–Crippen MR) is 75.7 cm³/mol. The summed E-state index contributed by atoms with van der Waals surface area (Å²) in [6.07, 6.45) is 4.75. The third kappa shape index (κ3) is 3.32. The molecule has 20 heavy (non-hydrogen) atoms. The zero-order chi connectivity index (χ0) is 13.9. The molecule has 1 amide bonds. The summed E-state index contributed by atoms with van der Waals surface area (Å²) in [5, 5.41) is 12.1. The first-order valence-electron chi connectivity index (χ1n) is 7.14. The van der Waals surface area contributed by atoms with Gasteiger partial charge in [-0.1, -0.05) is 11.8 Å². The molecule has 2 heterocycles. The SMILES string of the molecule is Cn1c(SCC(=O)NC[C@H]2CCCO2)nnc1C1CC1. The zero-order valence-corrected chi connectivity index (χ0v) is 12.5. The van der Waals surface area contributed by atoms with Crippen molar-refractivity contribution in [2.24, 2.45) is 7.05 Å². The number of nitrogens with zero attached hydrogens (tertiary/aromatic N) is 3. The lowest BCUT2D eigenvalue weighted by Crippen LogP contribution is -2.32. The average Bonchev–Trinajstić information content (AvgIpc) is 3.02. The van der Waals surface area contributed by atoms with Crippen LogP contribution in [-0.4, -0.2) is 45.7 Å². The molecule has 2 fully saturated rings. The van der Waals surface area contributed by atoms with Gasteiger partial charge in [0.1, 0.15) is 5.82 Å². The highest BCUT2D eigenvalue weighted by Gasteiger charge is 2.29. The Balaban J connectivity index is 1.42. The van der Waals surface area contributed by atoms with E-state index >= 15 is 0 Å². The number of ether oxygens (including phenoxy) is 1. The number of thioether (sulfide) groups is 1. The van der Waals surface area contributed by atoms with Crippen molar-refractivity contribution < 1.29 is 9.53 Å². The number of amides is 1. The molecular weight excluding hydrogens is 276 g/mol. The summed E-state index contributed by atoms with van der Waals surface area (Å²) < 4.78 is 7.48. The smallest absolute Gasteiger partial charge is 0.230 e. The maximum atomic E-state index is 11.8. The van der Waals surface area contributed by atoms with E-state index in [1.807, 2.05) is 11.6 Å². The quantitative estimate of drug-likeness (QED) is 0.796. The molecule has 1 aromatic heterocycles. The highest BCUT2D eigenvalue weighted by molar-refractivity contribution is 7.99. The highest BCUT2D eigenvalue weighted by atomic mass is 32.2. The maximum absolute atomic E-state index is 11.8. The van der Waals surface area contributed by atoms with E-state index in [1.54, 1.807) is 0 Å². The van der Waals surface area contributed by atoms with Crippen LogP contribution in [0.2, 0.25) is 0 Å². The number of carbonyl (C=O) groups is 1. The first-order chi connectivity index (χ1) is 9.74. The second-order valence-corrected chi connectivity index (χ2v) is 6.34. The van der Waals surface area contributed by atoms with Crippen LogP contribution in [0.5, 0.6) is 0 Å². The molecule has 3 rings (SSSR count). The van der Waals surface area contributed by atoms with Crippen molar-refractivity contribution in [3.05, 3.63) is 5.82 Å². The molecule has 1 aromatic rings. The molecule has 0 aromatic carbocycles. The van der Waals surface area contributed by atoms with Gasteiger partial charge in [0.2, 0.25) is 5.91 Å². The van der Waals surface area contributed by atoms with Crippen molar-refractivity contribution in [1.82, 2.24) is 20.1 Å². The number of hydrogen-bond donors (Lipinski definition) is 1. The Morgan fingerprint density at radius 1 is 1.45 bits per heavy atom. The molecule has 6 nitrogen and oxygen atoms in total. The van der Waals surface area contributed by atoms with Crippen LogP contribution in [0.15, 0.2) is 5.16 Å². The fourth-order valence-corrected chi connectivity index (χ4v) is 3.11. The van der Waals surface area contributed by atoms with E-state index in [0.717, 1.165) is 30.4 Å². The molecule has 1 atom stereocenters. The lowest BCUT2D eigenvalue weighted by molar-refractivity contribution is -0.119. The van der Waals surface area contributed by atoms with Crippen molar-refractivity contribution in [3.63, 3.8) is 0 Å². The van der Waals surface area contributed by atoms with Crippen LogP contribution >= 0.6 is 11.8 Å². The van der Waals surface area contributed by atoms with E-state index in [9.17, 15) is 4.79 Å². The molecule has 7 heteroatoms. The third-order valence-electron chi connectivity index (χ3n) is 3.69. The molecule has 1 N–H and O–H groups in total. The largest absolute Gasteiger partial charge is 0.376 e. The molecule has 0 spiro atoms. The van der Waals surface area contributed by atoms with Crippen molar-refractivity contribution >= 4 is 17.7 Å². The summed E-state index contributed by atoms with van der Waals surface area (Å²) in [4.78, 5) is 11.8. The fourth-order valence-electron chi connectivity index (χ4n) is 2.36. The van der Waals surface area contributed by atoms with Crippen LogP contribution < -0.4 is 5.32 Å². The third-order valence-corrected chi connectivity index (χ3v) is 4.71. The molecule has 1 aliphatic heterocycles. The van der Waals surface area contributed by atoms with Gasteiger partial charge in [-0.15, -0.1) is 10.2 Å². The molecule has 0 bridgehead atoms. The van der Waals surface area contributed by atoms with E-state index < -0.39 is 0 Å². The Morgan fingerprint density at radius 3 is 3.00 bits per heavy atom. The number of nitrogens with one attached hydrogen (secondary N) is 1. The first kappa shape index (κ1) is 13.9. The van der Waals surface area contributed by atoms with Crippen molar-refractivity contribution in [1.29, 1.82) is 0 Å². The van der Waals surface area contributed by atoms with Crippen molar-refractivity contribution in [2.75, 3.05) is 18.9 Å². The van der Waals surface area contributed by atoms with Gasteiger partial charge in [0.15, 0.2) is 5.16 Å². The number of rotatable bonds is 6. The molecule has 0 radical (unpaired) electrons. The van der Waals surface area contributed by atoms with E-state index in [1.165, 1.54) is 24.6 Å². The molecule has 1 aliphatic carbocycles. The predicted octanol–water partition coefficient (Wildman–Crippen LogP) is 1.08. The minimum Gasteiger partial charge on any atom is -0.376 e.